The maximum Gasteiger partial charge on any atom is 0.0647 e. The molecule has 272 valence electrons. The molecule has 0 bridgehead atoms. The van der Waals surface area contributed by atoms with Crippen molar-refractivity contribution in [2.24, 2.45) is 16.6 Å². The zero-order chi connectivity index (χ0) is 37.6. The topological polar surface area (TPSA) is 43.3 Å². The minimum atomic E-state index is -0.0732. The van der Waals surface area contributed by atoms with Crippen molar-refractivity contribution in [3.05, 3.63) is 198 Å². The first-order valence-electron chi connectivity index (χ1n) is 20.0. The number of aliphatic imine (C=N–C) groups is 1. The Morgan fingerprint density at radius 1 is 0.804 bits per heavy atom. The Kier molecular flexibility index (Phi) is 8.52. The van der Waals surface area contributed by atoms with Gasteiger partial charge >= 0.3 is 0 Å². The predicted octanol–water partition coefficient (Wildman–Crippen LogP) is 13.1. The first-order chi connectivity index (χ1) is 27.6. The molecule has 1 heterocycles. The summed E-state index contributed by atoms with van der Waals surface area (Å²) in [6.07, 6.45) is 22.6. The molecule has 0 fully saturated rings. The zero-order valence-electron chi connectivity index (χ0n) is 31.8. The lowest BCUT2D eigenvalue weighted by molar-refractivity contribution is 0.388. The minimum absolute atomic E-state index is 0.0732. The fraction of sp³-hybridized carbons (Fsp3) is 0.151. The van der Waals surface area contributed by atoms with E-state index in [1.165, 1.54) is 72.4 Å². The number of allylic oxidation sites excluding steroid dienone is 8. The van der Waals surface area contributed by atoms with E-state index in [9.17, 15) is 0 Å². The largest absolute Gasteiger partial charge is 0.398 e. The smallest absolute Gasteiger partial charge is 0.0647 e. The number of fused-ring (bicyclic) bond motifs is 10. The Morgan fingerprint density at radius 3 is 2.39 bits per heavy atom. The standard InChI is InChI=1S/C53H45N3/c1-53-32-13-12-21-41(53)28-31-44-43-22-8-9-23-45(43)52-50(51(44)53)46-24-10-11-25-49(46)56(52)42-29-26-38(27-30-42)47(54)34-48(39-18-6-3-7-19-39)55-35-36-15-14-20-40(33-36)37-16-4-2-5-17-37/h2-6,8-11,13-18,20,22-34,41H,7,12,19,21,35,54H2,1H3. The van der Waals surface area contributed by atoms with Crippen LogP contribution in [0.15, 0.2) is 180 Å². The first-order valence-corrected chi connectivity index (χ1v) is 20.0. The number of hydrogen-bond donors (Lipinski definition) is 1. The van der Waals surface area contributed by atoms with Crippen LogP contribution in [0.1, 0.15) is 54.9 Å². The fourth-order valence-electron chi connectivity index (χ4n) is 9.49. The lowest BCUT2D eigenvalue weighted by Gasteiger charge is -2.41. The summed E-state index contributed by atoms with van der Waals surface area (Å²) in [4.78, 5) is 5.19. The van der Waals surface area contributed by atoms with E-state index >= 15 is 0 Å². The molecule has 0 radical (unpaired) electrons. The molecule has 3 aliphatic carbocycles. The zero-order valence-corrected chi connectivity index (χ0v) is 31.8. The van der Waals surface area contributed by atoms with Crippen LogP contribution in [-0.4, -0.2) is 10.3 Å². The number of nitrogens with zero attached hydrogens (tertiary/aromatic N) is 2. The van der Waals surface area contributed by atoms with Crippen molar-refractivity contribution in [3.63, 3.8) is 0 Å². The maximum absolute atomic E-state index is 6.96. The minimum Gasteiger partial charge on any atom is -0.398 e. The Morgan fingerprint density at radius 2 is 1.57 bits per heavy atom. The van der Waals surface area contributed by atoms with Crippen molar-refractivity contribution in [2.45, 2.75) is 44.6 Å². The molecule has 2 atom stereocenters. The molecule has 0 saturated carbocycles. The molecule has 2 N–H and O–H groups in total. The quantitative estimate of drug-likeness (QED) is 0.129. The van der Waals surface area contributed by atoms with Gasteiger partial charge in [-0.25, -0.2) is 0 Å². The number of rotatable bonds is 7. The Labute approximate surface area is 329 Å². The highest BCUT2D eigenvalue weighted by Gasteiger charge is 2.40. The van der Waals surface area contributed by atoms with Crippen molar-refractivity contribution in [1.29, 1.82) is 0 Å². The molecule has 3 aliphatic rings. The lowest BCUT2D eigenvalue weighted by atomic mass is 9.62. The van der Waals surface area contributed by atoms with Crippen molar-refractivity contribution in [2.75, 3.05) is 0 Å². The van der Waals surface area contributed by atoms with Crippen molar-refractivity contribution >= 4 is 50.1 Å². The van der Waals surface area contributed by atoms with E-state index in [-0.39, 0.29) is 5.41 Å². The normalized spacial score (nSPS) is 19.4. The van der Waals surface area contributed by atoms with Crippen LogP contribution in [0.5, 0.6) is 0 Å². The average Bonchev–Trinajstić information content (AvgIpc) is 3.60. The molecular weight excluding hydrogens is 679 g/mol. The van der Waals surface area contributed by atoms with Crippen LogP contribution in [0.2, 0.25) is 0 Å². The van der Waals surface area contributed by atoms with Gasteiger partial charge in [-0.1, -0.05) is 153 Å². The van der Waals surface area contributed by atoms with Gasteiger partial charge in [0.2, 0.25) is 0 Å². The van der Waals surface area contributed by atoms with Crippen LogP contribution in [0.4, 0.5) is 0 Å². The highest BCUT2D eigenvalue weighted by atomic mass is 15.0. The van der Waals surface area contributed by atoms with Gasteiger partial charge in [-0.05, 0) is 106 Å². The van der Waals surface area contributed by atoms with E-state index in [4.69, 9.17) is 10.7 Å². The van der Waals surface area contributed by atoms with Gasteiger partial charge in [-0.15, -0.1) is 0 Å². The van der Waals surface area contributed by atoms with Gasteiger partial charge in [-0.2, -0.15) is 0 Å². The van der Waals surface area contributed by atoms with Crippen molar-refractivity contribution in [3.8, 4) is 16.8 Å². The van der Waals surface area contributed by atoms with Crippen LogP contribution in [0, 0.1) is 5.92 Å². The third-order valence-electron chi connectivity index (χ3n) is 12.3. The molecule has 6 aromatic carbocycles. The average molecular weight is 724 g/mol. The number of aromatic nitrogens is 1. The summed E-state index contributed by atoms with van der Waals surface area (Å²) in [5, 5.41) is 5.25. The summed E-state index contributed by atoms with van der Waals surface area (Å²) in [6, 6.07) is 45.9. The molecule has 0 amide bonds. The van der Waals surface area contributed by atoms with Crippen LogP contribution in [0.25, 0.3) is 61.2 Å². The fourth-order valence-corrected chi connectivity index (χ4v) is 9.49. The molecule has 3 heteroatoms. The lowest BCUT2D eigenvalue weighted by Crippen LogP contribution is -2.34. The molecule has 7 aromatic rings. The molecule has 1 aromatic heterocycles. The number of hydrogen-bond acceptors (Lipinski definition) is 2. The summed E-state index contributed by atoms with van der Waals surface area (Å²) < 4.78 is 2.48. The van der Waals surface area contributed by atoms with Gasteiger partial charge in [0, 0.05) is 33.0 Å². The second-order valence-corrected chi connectivity index (χ2v) is 15.7. The van der Waals surface area contributed by atoms with E-state index in [1.807, 2.05) is 0 Å². The second-order valence-electron chi connectivity index (χ2n) is 15.7. The summed E-state index contributed by atoms with van der Waals surface area (Å²) in [7, 11) is 0. The molecular formula is C53H45N3. The Bertz CT molecular complexity index is 2840. The molecule has 3 nitrogen and oxygen atoms in total. The molecule has 10 rings (SSSR count). The van der Waals surface area contributed by atoms with Gasteiger partial charge in [-0.3, -0.25) is 4.99 Å². The third-order valence-corrected chi connectivity index (χ3v) is 12.3. The number of nitrogens with two attached hydrogens (primary N) is 1. The van der Waals surface area contributed by atoms with Gasteiger partial charge in [0.05, 0.1) is 23.3 Å². The summed E-state index contributed by atoms with van der Waals surface area (Å²) in [5.41, 5.74) is 20.8. The summed E-state index contributed by atoms with van der Waals surface area (Å²) >= 11 is 0. The van der Waals surface area contributed by atoms with Crippen molar-refractivity contribution < 1.29 is 0 Å². The first kappa shape index (κ1) is 34.1. The SMILES string of the molecule is CC12C=CCCC1C=Cc1c2c2c3ccccc3n(-c3ccc(C(N)=CC(=NCc4cccc(-c5ccccc5)c4)C4=CC=CCC4)cc3)c2c2ccccc12. The van der Waals surface area contributed by atoms with Crippen LogP contribution in [0.3, 0.4) is 0 Å². The Hall–Kier alpha value is -6.45. The van der Waals surface area contributed by atoms with E-state index < -0.39 is 0 Å². The van der Waals surface area contributed by atoms with Gasteiger partial charge in [0.1, 0.15) is 0 Å². The van der Waals surface area contributed by atoms with Crippen molar-refractivity contribution in [1.82, 2.24) is 4.57 Å². The highest BCUT2D eigenvalue weighted by molar-refractivity contribution is 6.23. The van der Waals surface area contributed by atoms with Gasteiger partial charge < -0.3 is 10.3 Å². The van der Waals surface area contributed by atoms with Gasteiger partial charge in [0.15, 0.2) is 0 Å². The maximum atomic E-state index is 6.96. The third kappa shape index (κ3) is 5.78. The van der Waals surface area contributed by atoms with E-state index in [0.29, 0.717) is 18.2 Å². The number of benzene rings is 6. The van der Waals surface area contributed by atoms with Gasteiger partial charge in [0.25, 0.3) is 0 Å². The van der Waals surface area contributed by atoms with Crippen LogP contribution >= 0.6 is 0 Å². The highest BCUT2D eigenvalue weighted by Crippen LogP contribution is 2.52. The Balaban J connectivity index is 1.07. The molecule has 0 aliphatic heterocycles. The predicted molar refractivity (Wildman–Crippen MR) is 238 cm³/mol. The van der Waals surface area contributed by atoms with Crippen LogP contribution in [-0.2, 0) is 12.0 Å². The van der Waals surface area contributed by atoms with Crippen LogP contribution < -0.4 is 5.73 Å². The summed E-state index contributed by atoms with van der Waals surface area (Å²) in [6.45, 7) is 3.04. The molecule has 0 spiro atoms. The van der Waals surface area contributed by atoms with E-state index in [2.05, 4.69) is 187 Å². The molecule has 0 saturated heterocycles. The van der Waals surface area contributed by atoms with E-state index in [0.717, 1.165) is 36.2 Å². The molecule has 2 unspecified atom stereocenters. The molecule has 56 heavy (non-hydrogen) atoms. The summed E-state index contributed by atoms with van der Waals surface area (Å²) in [5.74, 6) is 0.480. The second kappa shape index (κ2) is 14.0. The monoisotopic (exact) mass is 723 g/mol. The van der Waals surface area contributed by atoms with E-state index in [1.54, 1.807) is 0 Å². The number of para-hydroxylation sites is 1.